The lowest BCUT2D eigenvalue weighted by atomic mass is 10.1. The Labute approximate surface area is 129 Å². The summed E-state index contributed by atoms with van der Waals surface area (Å²) in [6.45, 7) is 4.53. The maximum atomic E-state index is 12.2. The summed E-state index contributed by atoms with van der Waals surface area (Å²) < 4.78 is 0. The number of amides is 2. The van der Waals surface area contributed by atoms with Crippen molar-refractivity contribution in [2.75, 3.05) is 26.7 Å². The number of nitrogens with zero attached hydrogens (tertiary/aromatic N) is 4. The van der Waals surface area contributed by atoms with Crippen LogP contribution >= 0.6 is 0 Å². The fourth-order valence-corrected chi connectivity index (χ4v) is 3.05. The molecule has 1 unspecified atom stereocenters. The van der Waals surface area contributed by atoms with Crippen molar-refractivity contribution in [2.24, 2.45) is 5.92 Å². The molecule has 2 aliphatic heterocycles. The van der Waals surface area contributed by atoms with Gasteiger partial charge in [0.25, 0.3) is 0 Å². The smallest absolute Gasteiger partial charge is 0.225 e. The summed E-state index contributed by atoms with van der Waals surface area (Å²) in [5.41, 5.74) is 0.780. The van der Waals surface area contributed by atoms with Gasteiger partial charge in [0.1, 0.15) is 5.82 Å². The van der Waals surface area contributed by atoms with Gasteiger partial charge in [-0.05, 0) is 20.0 Å². The molecule has 7 nitrogen and oxygen atoms in total. The third-order valence-electron chi connectivity index (χ3n) is 4.29. The minimum absolute atomic E-state index is 0.0696. The number of hydrogen-bond donors (Lipinski definition) is 1. The monoisotopic (exact) mass is 303 g/mol. The third kappa shape index (κ3) is 3.09. The maximum Gasteiger partial charge on any atom is 0.225 e. The highest BCUT2D eigenvalue weighted by Gasteiger charge is 2.41. The fraction of sp³-hybridized carbons (Fsp3) is 0.600. The van der Waals surface area contributed by atoms with Gasteiger partial charge in [-0.2, -0.15) is 0 Å². The topological polar surface area (TPSA) is 78.4 Å². The lowest BCUT2D eigenvalue weighted by Gasteiger charge is -2.42. The minimum Gasteiger partial charge on any atom is -0.350 e. The lowest BCUT2D eigenvalue weighted by molar-refractivity contribution is -0.132. The molecule has 2 fully saturated rings. The number of aryl methyl sites for hydroxylation is 1. The van der Waals surface area contributed by atoms with Crippen molar-refractivity contribution in [2.45, 2.75) is 25.9 Å². The zero-order chi connectivity index (χ0) is 15.7. The van der Waals surface area contributed by atoms with Crippen molar-refractivity contribution in [1.82, 2.24) is 25.1 Å². The molecule has 0 aromatic carbocycles. The second-order valence-electron chi connectivity index (χ2n) is 6.14. The van der Waals surface area contributed by atoms with E-state index in [0.717, 1.165) is 18.8 Å². The molecule has 1 aromatic rings. The Bertz CT molecular complexity index is 585. The largest absolute Gasteiger partial charge is 0.350 e. The lowest BCUT2D eigenvalue weighted by Crippen LogP contribution is -2.58. The van der Waals surface area contributed by atoms with E-state index in [0.29, 0.717) is 25.3 Å². The van der Waals surface area contributed by atoms with Crippen molar-refractivity contribution in [3.63, 3.8) is 0 Å². The molecular weight excluding hydrogens is 282 g/mol. The van der Waals surface area contributed by atoms with Gasteiger partial charge >= 0.3 is 0 Å². The Morgan fingerprint density at radius 1 is 1.41 bits per heavy atom. The number of rotatable bonds is 4. The Balaban J connectivity index is 1.52. The quantitative estimate of drug-likeness (QED) is 0.816. The molecule has 1 atom stereocenters. The molecular formula is C15H21N5O2. The van der Waals surface area contributed by atoms with Crippen LogP contribution in [0.2, 0.25) is 0 Å². The van der Waals surface area contributed by atoms with Gasteiger partial charge in [0.2, 0.25) is 11.8 Å². The molecule has 1 aromatic heterocycles. The summed E-state index contributed by atoms with van der Waals surface area (Å²) in [6, 6.07) is 2.06. The molecule has 0 saturated carbocycles. The maximum absolute atomic E-state index is 12.2. The van der Waals surface area contributed by atoms with Gasteiger partial charge in [0.05, 0.1) is 24.2 Å². The van der Waals surface area contributed by atoms with Gasteiger partial charge in [-0.3, -0.25) is 9.59 Å². The molecule has 2 saturated heterocycles. The van der Waals surface area contributed by atoms with E-state index in [4.69, 9.17) is 0 Å². The number of carbonyl (C=O) groups is 2. The summed E-state index contributed by atoms with van der Waals surface area (Å²) in [6.07, 6.45) is 1.99. The number of carbonyl (C=O) groups excluding carboxylic acids is 2. The van der Waals surface area contributed by atoms with E-state index in [9.17, 15) is 9.59 Å². The van der Waals surface area contributed by atoms with Gasteiger partial charge in [-0.15, -0.1) is 0 Å². The van der Waals surface area contributed by atoms with E-state index in [1.807, 2.05) is 18.9 Å². The number of likely N-dealkylation sites (N-methyl/N-ethyl adjacent to an activating group) is 1. The predicted octanol–water partition coefficient (Wildman–Crippen LogP) is -0.436. The molecule has 2 aliphatic rings. The minimum atomic E-state index is -0.249. The van der Waals surface area contributed by atoms with E-state index >= 15 is 0 Å². The van der Waals surface area contributed by atoms with Crippen molar-refractivity contribution in [3.8, 4) is 0 Å². The van der Waals surface area contributed by atoms with Gasteiger partial charge < -0.3 is 15.1 Å². The molecule has 0 aliphatic carbocycles. The normalized spacial score (nSPS) is 22.7. The van der Waals surface area contributed by atoms with Crippen LogP contribution in [-0.2, 0) is 16.1 Å². The summed E-state index contributed by atoms with van der Waals surface area (Å²) in [5.74, 6) is 0.459. The average Bonchev–Trinajstić information content (AvgIpc) is 2.83. The van der Waals surface area contributed by atoms with Crippen LogP contribution in [0.1, 0.15) is 17.9 Å². The van der Waals surface area contributed by atoms with Gasteiger partial charge in [-0.1, -0.05) is 0 Å². The number of nitrogens with one attached hydrogen (secondary N) is 1. The first-order chi connectivity index (χ1) is 10.5. The highest BCUT2D eigenvalue weighted by Crippen LogP contribution is 2.24. The van der Waals surface area contributed by atoms with Gasteiger partial charge in [-0.25, -0.2) is 9.97 Å². The average molecular weight is 303 g/mol. The molecule has 22 heavy (non-hydrogen) atoms. The van der Waals surface area contributed by atoms with Crippen LogP contribution in [0, 0.1) is 12.8 Å². The van der Waals surface area contributed by atoms with E-state index in [1.54, 1.807) is 12.3 Å². The zero-order valence-electron chi connectivity index (χ0n) is 13.0. The van der Waals surface area contributed by atoms with Crippen molar-refractivity contribution < 1.29 is 9.59 Å². The molecule has 0 radical (unpaired) electrons. The standard InChI is InChI=1S/C15H21N5O2/c1-10-16-4-3-12(18-10)6-17-15(22)11-5-14(21)20(7-11)13-8-19(2)9-13/h3-4,11,13H,5-9H2,1-2H3,(H,17,22). The second-order valence-corrected chi connectivity index (χ2v) is 6.14. The Morgan fingerprint density at radius 3 is 2.86 bits per heavy atom. The SMILES string of the molecule is Cc1nccc(CNC(=O)C2CC(=O)N(C3CN(C)C3)C2)n1. The van der Waals surface area contributed by atoms with E-state index in [-0.39, 0.29) is 23.8 Å². The molecule has 1 N–H and O–H groups in total. The molecule has 7 heteroatoms. The molecule has 118 valence electrons. The predicted molar refractivity (Wildman–Crippen MR) is 79.7 cm³/mol. The van der Waals surface area contributed by atoms with Crippen LogP contribution in [0.4, 0.5) is 0 Å². The van der Waals surface area contributed by atoms with Crippen molar-refractivity contribution in [3.05, 3.63) is 23.8 Å². The van der Waals surface area contributed by atoms with E-state index < -0.39 is 0 Å². The highest BCUT2D eigenvalue weighted by atomic mass is 16.2. The first-order valence-electron chi connectivity index (χ1n) is 7.57. The number of likely N-dealkylation sites (tertiary alicyclic amines) is 2. The first kappa shape index (κ1) is 14.9. The summed E-state index contributed by atoms with van der Waals surface area (Å²) in [4.78, 5) is 36.6. The molecule has 0 bridgehead atoms. The molecule has 3 heterocycles. The highest BCUT2D eigenvalue weighted by molar-refractivity contribution is 5.89. The van der Waals surface area contributed by atoms with Crippen molar-refractivity contribution in [1.29, 1.82) is 0 Å². The Kier molecular flexibility index (Phi) is 4.06. The van der Waals surface area contributed by atoms with Crippen LogP contribution in [0.5, 0.6) is 0 Å². The molecule has 0 spiro atoms. The molecule has 3 rings (SSSR count). The van der Waals surface area contributed by atoms with E-state index in [2.05, 4.69) is 20.2 Å². The van der Waals surface area contributed by atoms with Crippen LogP contribution in [0.3, 0.4) is 0 Å². The Hall–Kier alpha value is -2.02. The number of hydrogen-bond acceptors (Lipinski definition) is 5. The van der Waals surface area contributed by atoms with Crippen LogP contribution < -0.4 is 5.32 Å². The number of aromatic nitrogens is 2. The summed E-state index contributed by atoms with van der Waals surface area (Å²) in [7, 11) is 2.03. The van der Waals surface area contributed by atoms with Gasteiger partial charge in [0, 0.05) is 32.3 Å². The Morgan fingerprint density at radius 2 is 2.18 bits per heavy atom. The van der Waals surface area contributed by atoms with Crippen LogP contribution in [0.25, 0.3) is 0 Å². The summed E-state index contributed by atoms with van der Waals surface area (Å²) >= 11 is 0. The summed E-state index contributed by atoms with van der Waals surface area (Å²) in [5, 5.41) is 2.87. The second kappa shape index (κ2) is 6.00. The van der Waals surface area contributed by atoms with Gasteiger partial charge in [0.15, 0.2) is 0 Å². The van der Waals surface area contributed by atoms with E-state index in [1.165, 1.54) is 0 Å². The zero-order valence-corrected chi connectivity index (χ0v) is 13.0. The van der Waals surface area contributed by atoms with Crippen LogP contribution in [-0.4, -0.2) is 64.3 Å². The third-order valence-corrected chi connectivity index (χ3v) is 4.29. The molecule has 2 amide bonds. The fourth-order valence-electron chi connectivity index (χ4n) is 3.05. The first-order valence-corrected chi connectivity index (χ1v) is 7.57. The van der Waals surface area contributed by atoms with Crippen molar-refractivity contribution >= 4 is 11.8 Å². The van der Waals surface area contributed by atoms with Crippen LogP contribution in [0.15, 0.2) is 12.3 Å².